The molecule has 0 bridgehead atoms. The molecule has 2 atom stereocenters. The van der Waals surface area contributed by atoms with E-state index in [9.17, 15) is 4.79 Å². The van der Waals surface area contributed by atoms with E-state index in [1.54, 1.807) is 0 Å². The summed E-state index contributed by atoms with van der Waals surface area (Å²) in [5.41, 5.74) is 0. The van der Waals surface area contributed by atoms with Gasteiger partial charge in [-0.15, -0.1) is 0 Å². The van der Waals surface area contributed by atoms with E-state index in [1.165, 1.54) is 89.9 Å². The predicted octanol–water partition coefficient (Wildman–Crippen LogP) is 11.2. The van der Waals surface area contributed by atoms with E-state index >= 15 is 0 Å². The summed E-state index contributed by atoms with van der Waals surface area (Å²) in [4.78, 5) is 10.5. The second-order valence-electron chi connectivity index (χ2n) is 10.5. The van der Waals surface area contributed by atoms with Gasteiger partial charge in [-0.1, -0.05) is 159 Å². The number of allylic oxidation sites excluding steroid dienone is 10. The summed E-state index contributed by atoms with van der Waals surface area (Å²) in [5, 5.41) is 8.62. The van der Waals surface area contributed by atoms with Gasteiger partial charge in [0.15, 0.2) is 0 Å². The Morgan fingerprint density at radius 2 is 1.06 bits per heavy atom. The lowest BCUT2D eigenvalue weighted by Gasteiger charge is -2.10. The van der Waals surface area contributed by atoms with Crippen molar-refractivity contribution in [2.24, 2.45) is 11.8 Å². The SMILES string of the molecule is CCCC=CC=CC=CC=CC(C)CC(C)C=CCCCCCCCCCCCCCCCC(=O)O. The molecule has 2 nitrogen and oxygen atoms in total. The summed E-state index contributed by atoms with van der Waals surface area (Å²) in [6.07, 6.45) is 43.8. The highest BCUT2D eigenvalue weighted by atomic mass is 16.4. The Kier molecular flexibility index (Phi) is 26.3. The first-order chi connectivity index (χ1) is 17.6. The van der Waals surface area contributed by atoms with Gasteiger partial charge in [-0.25, -0.2) is 0 Å². The molecule has 0 aliphatic heterocycles. The van der Waals surface area contributed by atoms with Crippen molar-refractivity contribution in [2.75, 3.05) is 0 Å². The molecule has 0 aromatic heterocycles. The smallest absolute Gasteiger partial charge is 0.303 e. The molecule has 0 radical (unpaired) electrons. The van der Waals surface area contributed by atoms with E-state index in [1.807, 2.05) is 0 Å². The lowest BCUT2D eigenvalue weighted by molar-refractivity contribution is -0.137. The molecule has 0 fully saturated rings. The van der Waals surface area contributed by atoms with Crippen molar-refractivity contribution in [3.8, 4) is 0 Å². The fraction of sp³-hybridized carbons (Fsp3) is 0.676. The number of unbranched alkanes of at least 4 members (excludes halogenated alkanes) is 14. The molecule has 0 rings (SSSR count). The number of carboxylic acids is 1. The fourth-order valence-corrected chi connectivity index (χ4v) is 4.41. The van der Waals surface area contributed by atoms with Crippen LogP contribution < -0.4 is 0 Å². The average molecular weight is 499 g/mol. The molecule has 0 amide bonds. The highest BCUT2D eigenvalue weighted by Gasteiger charge is 2.02. The summed E-state index contributed by atoms with van der Waals surface area (Å²) in [6, 6.07) is 0. The van der Waals surface area contributed by atoms with Crippen LogP contribution in [-0.4, -0.2) is 11.1 Å². The molecule has 0 saturated carbocycles. The largest absolute Gasteiger partial charge is 0.481 e. The van der Waals surface area contributed by atoms with Crippen molar-refractivity contribution in [3.05, 3.63) is 60.8 Å². The van der Waals surface area contributed by atoms with Crippen LogP contribution in [0.1, 0.15) is 136 Å². The molecule has 2 heteroatoms. The molecular weight excluding hydrogens is 440 g/mol. The number of hydrogen-bond acceptors (Lipinski definition) is 1. The highest BCUT2D eigenvalue weighted by molar-refractivity contribution is 5.66. The van der Waals surface area contributed by atoms with Gasteiger partial charge >= 0.3 is 5.97 Å². The van der Waals surface area contributed by atoms with Crippen LogP contribution in [0.15, 0.2) is 60.8 Å². The van der Waals surface area contributed by atoms with Crippen molar-refractivity contribution < 1.29 is 9.90 Å². The predicted molar refractivity (Wildman–Crippen MR) is 160 cm³/mol. The third kappa shape index (κ3) is 28.4. The molecule has 0 spiro atoms. The van der Waals surface area contributed by atoms with E-state index in [0.29, 0.717) is 18.3 Å². The van der Waals surface area contributed by atoms with E-state index in [-0.39, 0.29) is 0 Å². The van der Waals surface area contributed by atoms with E-state index in [2.05, 4.69) is 81.5 Å². The van der Waals surface area contributed by atoms with Gasteiger partial charge in [0.25, 0.3) is 0 Å². The van der Waals surface area contributed by atoms with Gasteiger partial charge in [0.2, 0.25) is 0 Å². The van der Waals surface area contributed by atoms with Crippen molar-refractivity contribution >= 4 is 5.97 Å². The van der Waals surface area contributed by atoms with E-state index in [4.69, 9.17) is 5.11 Å². The van der Waals surface area contributed by atoms with Gasteiger partial charge in [0, 0.05) is 6.42 Å². The molecule has 0 aliphatic rings. The summed E-state index contributed by atoms with van der Waals surface area (Å²) in [5.74, 6) is 0.586. The molecule has 2 unspecified atom stereocenters. The third-order valence-electron chi connectivity index (χ3n) is 6.56. The first-order valence-corrected chi connectivity index (χ1v) is 15.1. The Bertz CT molecular complexity index is 623. The zero-order valence-corrected chi connectivity index (χ0v) is 24.0. The van der Waals surface area contributed by atoms with Crippen molar-refractivity contribution in [2.45, 2.75) is 136 Å². The quantitative estimate of drug-likeness (QED) is 0.0771. The van der Waals surface area contributed by atoms with Gasteiger partial charge < -0.3 is 5.11 Å². The zero-order valence-electron chi connectivity index (χ0n) is 24.0. The molecule has 0 aliphatic carbocycles. The van der Waals surface area contributed by atoms with Crippen LogP contribution in [0.3, 0.4) is 0 Å². The molecule has 0 aromatic rings. The maximum atomic E-state index is 10.5. The van der Waals surface area contributed by atoms with Crippen molar-refractivity contribution in [3.63, 3.8) is 0 Å². The van der Waals surface area contributed by atoms with Crippen LogP contribution in [0.2, 0.25) is 0 Å². The highest BCUT2D eigenvalue weighted by Crippen LogP contribution is 2.16. The topological polar surface area (TPSA) is 37.3 Å². The Labute approximate surface area is 224 Å². The normalized spacial score (nSPS) is 14.3. The second kappa shape index (κ2) is 27.8. The number of rotatable bonds is 25. The fourth-order valence-electron chi connectivity index (χ4n) is 4.41. The molecule has 0 heterocycles. The van der Waals surface area contributed by atoms with Gasteiger partial charge in [0.1, 0.15) is 0 Å². The minimum absolute atomic E-state index is 0.335. The summed E-state index contributed by atoms with van der Waals surface area (Å²) in [7, 11) is 0. The van der Waals surface area contributed by atoms with Crippen LogP contribution in [0.4, 0.5) is 0 Å². The third-order valence-corrected chi connectivity index (χ3v) is 6.56. The first-order valence-electron chi connectivity index (χ1n) is 15.1. The number of aliphatic carboxylic acids is 1. The van der Waals surface area contributed by atoms with E-state index < -0.39 is 5.97 Å². The number of carboxylic acid groups (broad SMARTS) is 1. The van der Waals surface area contributed by atoms with Gasteiger partial charge in [0.05, 0.1) is 0 Å². The van der Waals surface area contributed by atoms with Crippen LogP contribution in [0.25, 0.3) is 0 Å². The van der Waals surface area contributed by atoms with Gasteiger partial charge in [-0.05, 0) is 43.9 Å². The average Bonchev–Trinajstić information content (AvgIpc) is 2.84. The molecule has 1 N–H and O–H groups in total. The van der Waals surface area contributed by atoms with Crippen LogP contribution in [0.5, 0.6) is 0 Å². The summed E-state index contributed by atoms with van der Waals surface area (Å²) >= 11 is 0. The Morgan fingerprint density at radius 1 is 0.583 bits per heavy atom. The molecular formula is C34H58O2. The van der Waals surface area contributed by atoms with Gasteiger partial charge in [-0.2, -0.15) is 0 Å². The summed E-state index contributed by atoms with van der Waals surface area (Å²) in [6.45, 7) is 6.84. The molecule has 0 aromatic carbocycles. The van der Waals surface area contributed by atoms with Crippen LogP contribution >= 0.6 is 0 Å². The standard InChI is InChI=1S/C34H58O2/c1-4-5-6-7-8-16-19-22-25-28-32(2)31-33(3)29-26-23-20-17-14-12-10-9-11-13-15-18-21-24-27-30-34(35)36/h6-8,16,19,22,25-26,28-29,32-33H,4-5,9-15,17-18,20-21,23-24,27,30-31H2,1-3H3,(H,35,36). The minimum Gasteiger partial charge on any atom is -0.481 e. The first kappa shape index (κ1) is 34.2. The second-order valence-corrected chi connectivity index (χ2v) is 10.5. The maximum Gasteiger partial charge on any atom is 0.303 e. The number of hydrogen-bond donors (Lipinski definition) is 1. The Morgan fingerprint density at radius 3 is 1.61 bits per heavy atom. The molecule has 36 heavy (non-hydrogen) atoms. The lowest BCUT2D eigenvalue weighted by Crippen LogP contribution is -1.97. The van der Waals surface area contributed by atoms with Crippen molar-refractivity contribution in [1.82, 2.24) is 0 Å². The maximum absolute atomic E-state index is 10.5. The molecule has 206 valence electrons. The zero-order chi connectivity index (χ0) is 26.5. The summed E-state index contributed by atoms with van der Waals surface area (Å²) < 4.78 is 0. The monoisotopic (exact) mass is 498 g/mol. The number of carbonyl (C=O) groups is 1. The van der Waals surface area contributed by atoms with Crippen LogP contribution in [-0.2, 0) is 4.79 Å². The minimum atomic E-state index is -0.658. The molecule has 0 saturated heterocycles. The van der Waals surface area contributed by atoms with Crippen molar-refractivity contribution in [1.29, 1.82) is 0 Å². The van der Waals surface area contributed by atoms with E-state index in [0.717, 1.165) is 19.3 Å². The Hall–Kier alpha value is -1.83. The Balaban J connectivity index is 3.53. The van der Waals surface area contributed by atoms with Gasteiger partial charge in [-0.3, -0.25) is 4.79 Å². The lowest BCUT2D eigenvalue weighted by atomic mass is 9.96. The van der Waals surface area contributed by atoms with Crippen LogP contribution in [0, 0.1) is 11.8 Å².